The molecule has 0 aliphatic carbocycles. The molecule has 1 amide bonds. The Morgan fingerprint density at radius 1 is 1.27 bits per heavy atom. The highest BCUT2D eigenvalue weighted by Crippen LogP contribution is 2.27. The molecule has 158 valence electrons. The van der Waals surface area contributed by atoms with Crippen LogP contribution in [-0.4, -0.2) is 17.6 Å². The van der Waals surface area contributed by atoms with Gasteiger partial charge in [-0.3, -0.25) is 4.79 Å². The largest absolute Gasteiger partial charge is 0.488 e. The Labute approximate surface area is 180 Å². The van der Waals surface area contributed by atoms with Crippen molar-refractivity contribution in [1.82, 2.24) is 10.5 Å². The number of ether oxygens (including phenoxy) is 1. The van der Waals surface area contributed by atoms with Crippen molar-refractivity contribution in [3.63, 3.8) is 0 Å². The minimum absolute atomic E-state index is 0. The quantitative estimate of drug-likeness (QED) is 0.628. The standard InChI is InChI=1S/C22H22FN3O3.ClH/c1-13-18(14(2)29-26-13)12-28-20-6-4-3-5-17(20)22(27)25-19-8-7-15-11-24-10-9-16(15)21(19)23;/h3-8,24H,9-12H2,1-2H3,(H,25,27);1H. The van der Waals surface area contributed by atoms with Gasteiger partial charge in [0.25, 0.3) is 5.91 Å². The molecule has 0 radical (unpaired) electrons. The van der Waals surface area contributed by atoms with Gasteiger partial charge in [0, 0.05) is 6.54 Å². The number of rotatable bonds is 5. The first-order valence-corrected chi connectivity index (χ1v) is 9.50. The van der Waals surface area contributed by atoms with Gasteiger partial charge in [-0.15, -0.1) is 12.4 Å². The first kappa shape index (κ1) is 21.8. The first-order valence-electron chi connectivity index (χ1n) is 9.50. The van der Waals surface area contributed by atoms with Crippen molar-refractivity contribution in [2.24, 2.45) is 0 Å². The molecule has 0 unspecified atom stereocenters. The summed E-state index contributed by atoms with van der Waals surface area (Å²) in [7, 11) is 0. The average molecular weight is 432 g/mol. The number of hydrogen-bond donors (Lipinski definition) is 2. The van der Waals surface area contributed by atoms with Crippen LogP contribution in [0.1, 0.15) is 38.5 Å². The number of hydrogen-bond acceptors (Lipinski definition) is 5. The van der Waals surface area contributed by atoms with Crippen LogP contribution in [0.5, 0.6) is 5.75 Å². The summed E-state index contributed by atoms with van der Waals surface area (Å²) in [5.74, 6) is 0.293. The number of para-hydroxylation sites is 1. The fourth-order valence-corrected chi connectivity index (χ4v) is 3.46. The maximum atomic E-state index is 14.9. The van der Waals surface area contributed by atoms with Crippen LogP contribution in [0.2, 0.25) is 0 Å². The van der Waals surface area contributed by atoms with E-state index in [4.69, 9.17) is 9.26 Å². The van der Waals surface area contributed by atoms with E-state index in [1.54, 1.807) is 30.3 Å². The number of carbonyl (C=O) groups excluding carboxylic acids is 1. The molecule has 2 heterocycles. The van der Waals surface area contributed by atoms with E-state index in [9.17, 15) is 9.18 Å². The van der Waals surface area contributed by atoms with E-state index in [1.807, 2.05) is 19.9 Å². The second-order valence-electron chi connectivity index (χ2n) is 7.03. The summed E-state index contributed by atoms with van der Waals surface area (Å²) in [6.07, 6.45) is 0.599. The summed E-state index contributed by atoms with van der Waals surface area (Å²) in [4.78, 5) is 12.8. The number of nitrogens with one attached hydrogen (secondary N) is 2. The van der Waals surface area contributed by atoms with Crippen molar-refractivity contribution in [1.29, 1.82) is 0 Å². The van der Waals surface area contributed by atoms with Crippen LogP contribution in [0, 0.1) is 19.7 Å². The van der Waals surface area contributed by atoms with Gasteiger partial charge in [-0.2, -0.15) is 0 Å². The highest BCUT2D eigenvalue weighted by molar-refractivity contribution is 6.06. The lowest BCUT2D eigenvalue weighted by molar-refractivity contribution is 0.102. The lowest BCUT2D eigenvalue weighted by Crippen LogP contribution is -2.25. The second kappa shape index (κ2) is 9.28. The van der Waals surface area contributed by atoms with E-state index in [0.717, 1.165) is 23.4 Å². The molecule has 0 atom stereocenters. The molecule has 6 nitrogen and oxygen atoms in total. The summed E-state index contributed by atoms with van der Waals surface area (Å²) in [6.45, 7) is 5.23. The van der Waals surface area contributed by atoms with E-state index in [-0.39, 0.29) is 30.5 Å². The smallest absolute Gasteiger partial charge is 0.259 e. The molecule has 2 N–H and O–H groups in total. The van der Waals surface area contributed by atoms with Gasteiger partial charge < -0.3 is 19.9 Å². The fourth-order valence-electron chi connectivity index (χ4n) is 3.46. The van der Waals surface area contributed by atoms with Crippen molar-refractivity contribution < 1.29 is 18.4 Å². The molecule has 0 saturated carbocycles. The first-order chi connectivity index (χ1) is 14.0. The molecule has 0 saturated heterocycles. The normalized spacial score (nSPS) is 12.6. The number of nitrogens with zero attached hydrogens (tertiary/aromatic N) is 1. The fraction of sp³-hybridized carbons (Fsp3) is 0.273. The lowest BCUT2D eigenvalue weighted by atomic mass is 9.99. The molecule has 30 heavy (non-hydrogen) atoms. The molecule has 8 heteroatoms. The zero-order valence-corrected chi connectivity index (χ0v) is 17.6. The van der Waals surface area contributed by atoms with E-state index in [2.05, 4.69) is 15.8 Å². The van der Waals surface area contributed by atoms with Crippen LogP contribution >= 0.6 is 12.4 Å². The number of halogens is 2. The summed E-state index contributed by atoms with van der Waals surface area (Å²) >= 11 is 0. The third kappa shape index (κ3) is 4.32. The van der Waals surface area contributed by atoms with E-state index >= 15 is 0 Å². The third-order valence-corrected chi connectivity index (χ3v) is 5.14. The summed E-state index contributed by atoms with van der Waals surface area (Å²) in [5.41, 5.74) is 3.68. The van der Waals surface area contributed by atoms with Crippen LogP contribution in [0.25, 0.3) is 0 Å². The van der Waals surface area contributed by atoms with Gasteiger partial charge in [-0.1, -0.05) is 23.4 Å². The maximum absolute atomic E-state index is 14.9. The van der Waals surface area contributed by atoms with Crippen LogP contribution < -0.4 is 15.4 Å². The molecule has 0 bridgehead atoms. The molecular weight excluding hydrogens is 409 g/mol. The predicted octanol–water partition coefficient (Wildman–Crippen LogP) is 4.33. The van der Waals surface area contributed by atoms with E-state index in [1.165, 1.54) is 0 Å². The van der Waals surface area contributed by atoms with Crippen LogP contribution in [0.15, 0.2) is 40.9 Å². The van der Waals surface area contributed by atoms with Crippen molar-refractivity contribution in [3.05, 3.63) is 75.9 Å². The number of aromatic nitrogens is 1. The van der Waals surface area contributed by atoms with Crippen LogP contribution in [0.3, 0.4) is 0 Å². The third-order valence-electron chi connectivity index (χ3n) is 5.14. The number of fused-ring (bicyclic) bond motifs is 1. The Kier molecular flexibility index (Phi) is 6.74. The highest BCUT2D eigenvalue weighted by Gasteiger charge is 2.20. The van der Waals surface area contributed by atoms with Gasteiger partial charge in [0.05, 0.1) is 22.5 Å². The molecule has 0 fully saturated rings. The molecule has 1 aromatic heterocycles. The molecule has 1 aliphatic rings. The van der Waals surface area contributed by atoms with Crippen molar-refractivity contribution >= 4 is 24.0 Å². The molecule has 1 aliphatic heterocycles. The van der Waals surface area contributed by atoms with Crippen molar-refractivity contribution in [2.75, 3.05) is 11.9 Å². The van der Waals surface area contributed by atoms with Gasteiger partial charge >= 0.3 is 0 Å². The van der Waals surface area contributed by atoms with E-state index < -0.39 is 5.91 Å². The summed E-state index contributed by atoms with van der Waals surface area (Å²) in [5, 5.41) is 9.81. The minimum Gasteiger partial charge on any atom is -0.488 e. The number of aryl methyl sites for hydroxylation is 2. The number of anilines is 1. The van der Waals surface area contributed by atoms with Gasteiger partial charge in [-0.05, 0) is 56.1 Å². The summed E-state index contributed by atoms with van der Waals surface area (Å²) < 4.78 is 25.9. The average Bonchev–Trinajstić information content (AvgIpc) is 3.06. The van der Waals surface area contributed by atoms with Gasteiger partial charge in [0.1, 0.15) is 23.9 Å². The Morgan fingerprint density at radius 2 is 2.07 bits per heavy atom. The number of amides is 1. The predicted molar refractivity (Wildman–Crippen MR) is 114 cm³/mol. The molecular formula is C22H23ClFN3O3. The van der Waals surface area contributed by atoms with Gasteiger partial charge in [0.2, 0.25) is 0 Å². The monoisotopic (exact) mass is 431 g/mol. The van der Waals surface area contributed by atoms with Gasteiger partial charge in [-0.25, -0.2) is 4.39 Å². The molecule has 3 aromatic rings. The minimum atomic E-state index is -0.424. The summed E-state index contributed by atoms with van der Waals surface area (Å²) in [6, 6.07) is 10.3. The Bertz CT molecular complexity index is 1050. The number of carbonyl (C=O) groups is 1. The Balaban J connectivity index is 0.00000256. The van der Waals surface area contributed by atoms with Crippen LogP contribution in [-0.2, 0) is 19.6 Å². The zero-order valence-electron chi connectivity index (χ0n) is 16.8. The molecule has 0 spiro atoms. The Hall–Kier alpha value is -2.90. The Morgan fingerprint density at radius 3 is 2.83 bits per heavy atom. The topological polar surface area (TPSA) is 76.4 Å². The van der Waals surface area contributed by atoms with Gasteiger partial charge in [0.15, 0.2) is 0 Å². The molecule has 2 aromatic carbocycles. The molecule has 4 rings (SSSR count). The highest BCUT2D eigenvalue weighted by atomic mass is 35.5. The second-order valence-corrected chi connectivity index (χ2v) is 7.03. The lowest BCUT2D eigenvalue weighted by Gasteiger charge is -2.19. The SMILES string of the molecule is Cc1noc(C)c1COc1ccccc1C(=O)Nc1ccc2c(c1F)CCNC2.Cl. The van der Waals surface area contributed by atoms with Crippen LogP contribution in [0.4, 0.5) is 10.1 Å². The number of benzene rings is 2. The van der Waals surface area contributed by atoms with Crippen molar-refractivity contribution in [2.45, 2.75) is 33.4 Å². The van der Waals surface area contributed by atoms with Crippen molar-refractivity contribution in [3.8, 4) is 5.75 Å². The maximum Gasteiger partial charge on any atom is 0.259 e. The zero-order chi connectivity index (χ0) is 20.4. The van der Waals surface area contributed by atoms with E-state index in [0.29, 0.717) is 35.6 Å².